The van der Waals surface area contributed by atoms with E-state index in [0.29, 0.717) is 12.3 Å². The van der Waals surface area contributed by atoms with E-state index in [1.165, 1.54) is 12.8 Å². The van der Waals surface area contributed by atoms with Crippen molar-refractivity contribution in [1.82, 2.24) is 10.2 Å². The van der Waals surface area contributed by atoms with Gasteiger partial charge < -0.3 is 19.9 Å². The molecule has 0 spiro atoms. The molecule has 0 radical (unpaired) electrons. The molecule has 0 atom stereocenters. The van der Waals surface area contributed by atoms with Crippen LogP contribution in [0, 0.1) is 5.92 Å². The number of benzene rings is 1. The van der Waals surface area contributed by atoms with Gasteiger partial charge in [0, 0.05) is 32.6 Å². The summed E-state index contributed by atoms with van der Waals surface area (Å²) in [7, 11) is 1.71. The molecule has 5 nitrogen and oxygen atoms in total. The molecular weight excluding hydrogens is 373 g/mol. The number of piperidine rings is 1. The van der Waals surface area contributed by atoms with Crippen molar-refractivity contribution in [3.8, 4) is 5.75 Å². The van der Waals surface area contributed by atoms with Crippen molar-refractivity contribution in [1.29, 1.82) is 0 Å². The number of methoxy groups -OCH3 is 1. The van der Waals surface area contributed by atoms with Crippen LogP contribution in [0.25, 0.3) is 0 Å². The van der Waals surface area contributed by atoms with Gasteiger partial charge in [0.25, 0.3) is 0 Å². The minimum atomic E-state index is 0. The van der Waals surface area contributed by atoms with E-state index >= 15 is 0 Å². The molecule has 2 heterocycles. The molecule has 1 amide bonds. The summed E-state index contributed by atoms with van der Waals surface area (Å²) in [6.07, 6.45) is 4.19. The van der Waals surface area contributed by atoms with E-state index in [9.17, 15) is 4.79 Å². The summed E-state index contributed by atoms with van der Waals surface area (Å²) >= 11 is 0. The predicted molar refractivity (Wildman–Crippen MR) is 111 cm³/mol. The van der Waals surface area contributed by atoms with Crippen LogP contribution in [0.3, 0.4) is 0 Å². The molecule has 0 bridgehead atoms. The summed E-state index contributed by atoms with van der Waals surface area (Å²) in [5, 5.41) is 3.38. The van der Waals surface area contributed by atoms with Crippen LogP contribution in [-0.2, 0) is 4.79 Å². The number of ether oxygens (including phenoxy) is 1. The fraction of sp³-hybridized carbons (Fsp3) is 0.632. The molecule has 148 valence electrons. The largest absolute Gasteiger partial charge is 0.495 e. The number of nitrogens with one attached hydrogen (secondary N) is 1. The maximum Gasteiger partial charge on any atom is 0.222 e. The number of rotatable bonds is 5. The zero-order valence-corrected chi connectivity index (χ0v) is 17.1. The van der Waals surface area contributed by atoms with Gasteiger partial charge in [0.05, 0.1) is 12.8 Å². The number of nitrogens with zero attached hydrogens (tertiary/aromatic N) is 2. The summed E-state index contributed by atoms with van der Waals surface area (Å²) in [5.74, 6) is 1.96. The van der Waals surface area contributed by atoms with E-state index < -0.39 is 0 Å². The average molecular weight is 404 g/mol. The minimum Gasteiger partial charge on any atom is -0.495 e. The normalized spacial score (nSPS) is 17.9. The van der Waals surface area contributed by atoms with Gasteiger partial charge in [-0.3, -0.25) is 4.79 Å². The molecule has 3 rings (SSSR count). The molecule has 7 heteroatoms. The van der Waals surface area contributed by atoms with E-state index in [-0.39, 0.29) is 24.8 Å². The number of piperazine rings is 1. The third-order valence-corrected chi connectivity index (χ3v) is 5.28. The highest BCUT2D eigenvalue weighted by Crippen LogP contribution is 2.28. The SMILES string of the molecule is COc1ccccc1N1CCN(C(=O)CCC2CCNCC2)CC1.Cl.Cl. The van der Waals surface area contributed by atoms with Crippen LogP contribution >= 0.6 is 24.8 Å². The Morgan fingerprint density at radius 1 is 1.12 bits per heavy atom. The molecular formula is C19H31Cl2N3O2. The lowest BCUT2D eigenvalue weighted by molar-refractivity contribution is -0.131. The fourth-order valence-electron chi connectivity index (χ4n) is 3.74. The van der Waals surface area contributed by atoms with Crippen LogP contribution < -0.4 is 15.0 Å². The number of amides is 1. The van der Waals surface area contributed by atoms with E-state index in [0.717, 1.165) is 63.0 Å². The standard InChI is InChI=1S/C19H29N3O2.2ClH/c1-24-18-5-3-2-4-17(18)21-12-14-22(15-13-21)19(23)7-6-16-8-10-20-11-9-16;;/h2-5,16,20H,6-15H2,1H3;2*1H. The van der Waals surface area contributed by atoms with Crippen molar-refractivity contribution in [2.45, 2.75) is 25.7 Å². The molecule has 1 N–H and O–H groups in total. The van der Waals surface area contributed by atoms with Gasteiger partial charge in [-0.15, -0.1) is 24.8 Å². The number of para-hydroxylation sites is 2. The number of carbonyl (C=O) groups excluding carboxylic acids is 1. The molecule has 2 saturated heterocycles. The highest BCUT2D eigenvalue weighted by molar-refractivity contribution is 5.85. The van der Waals surface area contributed by atoms with Crippen LogP contribution in [0.4, 0.5) is 5.69 Å². The van der Waals surface area contributed by atoms with Crippen molar-refractivity contribution < 1.29 is 9.53 Å². The van der Waals surface area contributed by atoms with Gasteiger partial charge >= 0.3 is 0 Å². The van der Waals surface area contributed by atoms with Crippen LogP contribution in [-0.4, -0.2) is 57.2 Å². The van der Waals surface area contributed by atoms with Gasteiger partial charge in [0.1, 0.15) is 5.75 Å². The minimum absolute atomic E-state index is 0. The maximum atomic E-state index is 12.5. The van der Waals surface area contributed by atoms with E-state index in [4.69, 9.17) is 4.74 Å². The summed E-state index contributed by atoms with van der Waals surface area (Å²) in [6, 6.07) is 8.11. The summed E-state index contributed by atoms with van der Waals surface area (Å²) in [6.45, 7) is 5.58. The van der Waals surface area contributed by atoms with E-state index in [1.54, 1.807) is 7.11 Å². The Balaban J connectivity index is 0.00000169. The third-order valence-electron chi connectivity index (χ3n) is 5.28. The van der Waals surface area contributed by atoms with Crippen molar-refractivity contribution in [2.75, 3.05) is 51.3 Å². The van der Waals surface area contributed by atoms with Crippen LogP contribution in [0.1, 0.15) is 25.7 Å². The quantitative estimate of drug-likeness (QED) is 0.820. The molecule has 0 unspecified atom stereocenters. The highest BCUT2D eigenvalue weighted by Gasteiger charge is 2.23. The number of carbonyl (C=O) groups is 1. The summed E-state index contributed by atoms with van der Waals surface area (Å²) < 4.78 is 5.45. The molecule has 26 heavy (non-hydrogen) atoms. The topological polar surface area (TPSA) is 44.8 Å². The molecule has 0 aliphatic carbocycles. The summed E-state index contributed by atoms with van der Waals surface area (Å²) in [5.41, 5.74) is 1.13. The number of halogens is 2. The lowest BCUT2D eigenvalue weighted by Crippen LogP contribution is -2.49. The Hall–Kier alpha value is -1.17. The second-order valence-electron chi connectivity index (χ2n) is 6.77. The highest BCUT2D eigenvalue weighted by atomic mass is 35.5. The van der Waals surface area contributed by atoms with Gasteiger partial charge in [-0.1, -0.05) is 12.1 Å². The molecule has 2 aliphatic heterocycles. The lowest BCUT2D eigenvalue weighted by atomic mass is 9.93. The Morgan fingerprint density at radius 2 is 1.77 bits per heavy atom. The molecule has 1 aromatic carbocycles. The number of anilines is 1. The van der Waals surface area contributed by atoms with Gasteiger partial charge in [-0.2, -0.15) is 0 Å². The van der Waals surface area contributed by atoms with E-state index in [2.05, 4.69) is 16.3 Å². The Kier molecular flexibility index (Phi) is 10.1. The summed E-state index contributed by atoms with van der Waals surface area (Å²) in [4.78, 5) is 16.8. The first kappa shape index (κ1) is 22.9. The molecule has 0 saturated carbocycles. The first-order valence-electron chi connectivity index (χ1n) is 9.14. The zero-order valence-electron chi connectivity index (χ0n) is 15.5. The number of hydrogen-bond donors (Lipinski definition) is 1. The second-order valence-corrected chi connectivity index (χ2v) is 6.77. The van der Waals surface area contributed by atoms with Gasteiger partial charge in [0.15, 0.2) is 0 Å². The Labute approximate surface area is 169 Å². The average Bonchev–Trinajstić information content (AvgIpc) is 2.67. The zero-order chi connectivity index (χ0) is 16.8. The van der Waals surface area contributed by atoms with Gasteiger partial charge in [0.2, 0.25) is 5.91 Å². The van der Waals surface area contributed by atoms with Crippen LogP contribution in [0.2, 0.25) is 0 Å². The van der Waals surface area contributed by atoms with Gasteiger partial charge in [-0.05, 0) is 50.4 Å². The fourth-order valence-corrected chi connectivity index (χ4v) is 3.74. The number of hydrogen-bond acceptors (Lipinski definition) is 4. The molecule has 2 fully saturated rings. The lowest BCUT2D eigenvalue weighted by Gasteiger charge is -2.37. The smallest absolute Gasteiger partial charge is 0.222 e. The predicted octanol–water partition coefficient (Wildman–Crippen LogP) is 2.97. The Morgan fingerprint density at radius 3 is 2.42 bits per heavy atom. The Bertz CT molecular complexity index is 545. The third kappa shape index (κ3) is 5.93. The van der Waals surface area contributed by atoms with Crippen LogP contribution in [0.15, 0.2) is 24.3 Å². The second kappa shape index (κ2) is 11.5. The first-order valence-corrected chi connectivity index (χ1v) is 9.14. The van der Waals surface area contributed by atoms with Crippen molar-refractivity contribution >= 4 is 36.4 Å². The van der Waals surface area contributed by atoms with Gasteiger partial charge in [-0.25, -0.2) is 0 Å². The monoisotopic (exact) mass is 403 g/mol. The molecule has 0 aromatic heterocycles. The van der Waals surface area contributed by atoms with Crippen molar-refractivity contribution in [2.24, 2.45) is 5.92 Å². The molecule has 2 aliphatic rings. The van der Waals surface area contributed by atoms with Crippen molar-refractivity contribution in [3.05, 3.63) is 24.3 Å². The first-order chi connectivity index (χ1) is 11.8. The van der Waals surface area contributed by atoms with E-state index in [1.807, 2.05) is 23.1 Å². The van der Waals surface area contributed by atoms with Crippen LogP contribution in [0.5, 0.6) is 5.75 Å². The maximum absolute atomic E-state index is 12.5. The molecule has 1 aromatic rings. The van der Waals surface area contributed by atoms with Crippen molar-refractivity contribution in [3.63, 3.8) is 0 Å².